The number of hydrogen-bond donors (Lipinski definition) is 0. The van der Waals surface area contributed by atoms with Gasteiger partial charge in [0.05, 0.1) is 0 Å². The van der Waals surface area contributed by atoms with Crippen LogP contribution in [0.1, 0.15) is 39.0 Å². The van der Waals surface area contributed by atoms with Crippen LogP contribution in [0.15, 0.2) is 27.6 Å². The highest BCUT2D eigenvalue weighted by Crippen LogP contribution is 2.27. The number of sulfonamides is 1. The lowest BCUT2D eigenvalue weighted by molar-refractivity contribution is 0.398. The van der Waals surface area contributed by atoms with Crippen LogP contribution in [-0.4, -0.2) is 25.8 Å². The third-order valence-corrected chi connectivity index (χ3v) is 6.44. The van der Waals surface area contributed by atoms with E-state index in [-0.39, 0.29) is 4.90 Å². The summed E-state index contributed by atoms with van der Waals surface area (Å²) in [6.45, 7) is 3.12. The Morgan fingerprint density at radius 1 is 1.33 bits per heavy atom. The monoisotopic (exact) mass is 377 g/mol. The second-order valence-corrected chi connectivity index (χ2v) is 8.39. The molecule has 1 fully saturated rings. The van der Waals surface area contributed by atoms with Gasteiger partial charge < -0.3 is 0 Å². The van der Waals surface area contributed by atoms with Crippen molar-refractivity contribution in [2.75, 3.05) is 13.1 Å². The number of halogens is 2. The summed E-state index contributed by atoms with van der Waals surface area (Å²) in [5.41, 5.74) is 0. The van der Waals surface area contributed by atoms with Crippen LogP contribution in [0.25, 0.3) is 0 Å². The summed E-state index contributed by atoms with van der Waals surface area (Å²) in [5, 5.41) is 0. The first-order valence-corrected chi connectivity index (χ1v) is 9.63. The molecule has 0 amide bonds. The van der Waals surface area contributed by atoms with Gasteiger partial charge in [-0.3, -0.25) is 0 Å². The van der Waals surface area contributed by atoms with E-state index in [1.807, 2.05) is 0 Å². The molecule has 1 aliphatic heterocycles. The lowest BCUT2D eigenvalue weighted by Crippen LogP contribution is -2.32. The molecule has 3 nitrogen and oxygen atoms in total. The van der Waals surface area contributed by atoms with Gasteiger partial charge in [-0.05, 0) is 43.4 Å². The normalized spacial score (nSPS) is 21.2. The van der Waals surface area contributed by atoms with Crippen LogP contribution in [0, 0.1) is 11.7 Å². The molecule has 0 bridgehead atoms. The van der Waals surface area contributed by atoms with Gasteiger partial charge in [0.1, 0.15) is 10.7 Å². The Labute approximate surface area is 134 Å². The summed E-state index contributed by atoms with van der Waals surface area (Å²) >= 11 is 3.15. The number of hydrogen-bond acceptors (Lipinski definition) is 2. The highest BCUT2D eigenvalue weighted by Gasteiger charge is 2.29. The third-order valence-electron chi connectivity index (χ3n) is 4.02. The average molecular weight is 378 g/mol. The molecule has 1 saturated heterocycles. The Balaban J connectivity index is 2.19. The van der Waals surface area contributed by atoms with Crippen molar-refractivity contribution in [1.82, 2.24) is 4.31 Å². The van der Waals surface area contributed by atoms with Gasteiger partial charge >= 0.3 is 0 Å². The van der Waals surface area contributed by atoms with Crippen LogP contribution in [0.5, 0.6) is 0 Å². The van der Waals surface area contributed by atoms with Crippen molar-refractivity contribution in [3.8, 4) is 0 Å². The van der Waals surface area contributed by atoms with Crippen LogP contribution in [0.3, 0.4) is 0 Å². The third kappa shape index (κ3) is 4.05. The molecule has 0 aliphatic carbocycles. The van der Waals surface area contributed by atoms with Gasteiger partial charge in [-0.15, -0.1) is 0 Å². The van der Waals surface area contributed by atoms with Gasteiger partial charge in [0.15, 0.2) is 0 Å². The van der Waals surface area contributed by atoms with Gasteiger partial charge in [0, 0.05) is 17.6 Å². The van der Waals surface area contributed by atoms with Crippen LogP contribution in [-0.2, 0) is 10.0 Å². The highest BCUT2D eigenvalue weighted by atomic mass is 79.9. The van der Waals surface area contributed by atoms with Gasteiger partial charge in [-0.1, -0.05) is 35.7 Å². The summed E-state index contributed by atoms with van der Waals surface area (Å²) < 4.78 is 41.2. The molecule has 0 saturated carbocycles. The van der Waals surface area contributed by atoms with Gasteiger partial charge in [-0.25, -0.2) is 12.8 Å². The molecule has 1 aromatic carbocycles. The van der Waals surface area contributed by atoms with Crippen molar-refractivity contribution in [3.05, 3.63) is 28.5 Å². The fourth-order valence-corrected chi connectivity index (χ4v) is 4.77. The standard InChI is InChI=1S/C15H21BrFNO2S/c1-2-4-12-5-3-9-18(10-8-12)21(19,20)15-7-6-13(16)11-14(15)17/h6-7,11-12H,2-5,8-10H2,1H3. The molecule has 0 spiro atoms. The summed E-state index contributed by atoms with van der Waals surface area (Å²) in [6, 6.07) is 4.10. The number of rotatable bonds is 4. The maximum atomic E-state index is 14.0. The molecule has 1 heterocycles. The van der Waals surface area contributed by atoms with E-state index in [0.717, 1.165) is 32.1 Å². The predicted octanol–water partition coefficient (Wildman–Crippen LogP) is 4.18. The molecule has 6 heteroatoms. The van der Waals surface area contributed by atoms with Crippen LogP contribution < -0.4 is 0 Å². The SMILES string of the molecule is CCCC1CCCN(S(=O)(=O)c2ccc(Br)cc2F)CC1. The minimum atomic E-state index is -3.73. The molecule has 1 unspecified atom stereocenters. The molecule has 1 aromatic rings. The fraction of sp³-hybridized carbons (Fsp3) is 0.600. The molecule has 21 heavy (non-hydrogen) atoms. The van der Waals surface area contributed by atoms with E-state index >= 15 is 0 Å². The Kier molecular flexibility index (Phi) is 5.80. The Bertz CT molecular complexity index is 591. The van der Waals surface area contributed by atoms with E-state index in [1.54, 1.807) is 6.07 Å². The van der Waals surface area contributed by atoms with Gasteiger partial charge in [0.25, 0.3) is 0 Å². The van der Waals surface area contributed by atoms with E-state index in [4.69, 9.17) is 0 Å². The molecule has 1 atom stereocenters. The Morgan fingerprint density at radius 3 is 2.76 bits per heavy atom. The first kappa shape index (κ1) is 16.9. The molecule has 0 N–H and O–H groups in total. The summed E-state index contributed by atoms with van der Waals surface area (Å²) in [6.07, 6.45) is 5.04. The largest absolute Gasteiger partial charge is 0.245 e. The highest BCUT2D eigenvalue weighted by molar-refractivity contribution is 9.10. The van der Waals surface area contributed by atoms with Crippen LogP contribution >= 0.6 is 15.9 Å². The van der Waals surface area contributed by atoms with Crippen molar-refractivity contribution in [2.24, 2.45) is 5.92 Å². The lowest BCUT2D eigenvalue weighted by atomic mass is 9.96. The molecule has 0 radical (unpaired) electrons. The summed E-state index contributed by atoms with van der Waals surface area (Å²) in [5.74, 6) is -0.108. The van der Waals surface area contributed by atoms with Crippen LogP contribution in [0.2, 0.25) is 0 Å². The molecule has 1 aliphatic rings. The van der Waals surface area contributed by atoms with Crippen molar-refractivity contribution in [3.63, 3.8) is 0 Å². The minimum Gasteiger partial charge on any atom is -0.207 e. The molecular weight excluding hydrogens is 357 g/mol. The second kappa shape index (κ2) is 7.20. The zero-order valence-electron chi connectivity index (χ0n) is 12.2. The molecule has 2 rings (SSSR count). The minimum absolute atomic E-state index is 0.223. The Hall–Kier alpha value is -0.460. The smallest absolute Gasteiger partial charge is 0.207 e. The van der Waals surface area contributed by atoms with Crippen LogP contribution in [0.4, 0.5) is 4.39 Å². The topological polar surface area (TPSA) is 37.4 Å². The molecule has 0 aromatic heterocycles. The van der Waals surface area contributed by atoms with E-state index in [0.29, 0.717) is 23.5 Å². The number of nitrogens with zero attached hydrogens (tertiary/aromatic N) is 1. The van der Waals surface area contributed by atoms with E-state index in [1.165, 1.54) is 16.4 Å². The Morgan fingerprint density at radius 2 is 2.10 bits per heavy atom. The number of benzene rings is 1. The van der Waals surface area contributed by atoms with Crippen molar-refractivity contribution >= 4 is 26.0 Å². The average Bonchev–Trinajstić information content (AvgIpc) is 2.65. The predicted molar refractivity (Wildman–Crippen MR) is 85.1 cm³/mol. The van der Waals surface area contributed by atoms with E-state index in [9.17, 15) is 12.8 Å². The zero-order chi connectivity index (χ0) is 15.5. The summed E-state index contributed by atoms with van der Waals surface area (Å²) in [7, 11) is -3.73. The van der Waals surface area contributed by atoms with Gasteiger partial charge in [-0.2, -0.15) is 4.31 Å². The first-order valence-electron chi connectivity index (χ1n) is 7.40. The lowest BCUT2D eigenvalue weighted by Gasteiger charge is -2.20. The van der Waals surface area contributed by atoms with E-state index in [2.05, 4.69) is 22.9 Å². The first-order chi connectivity index (χ1) is 9.95. The maximum absolute atomic E-state index is 14.0. The molecule has 118 valence electrons. The maximum Gasteiger partial charge on any atom is 0.245 e. The quantitative estimate of drug-likeness (QED) is 0.788. The molecular formula is C15H21BrFNO2S. The van der Waals surface area contributed by atoms with E-state index < -0.39 is 15.8 Å². The summed E-state index contributed by atoms with van der Waals surface area (Å²) in [4.78, 5) is -0.223. The van der Waals surface area contributed by atoms with Gasteiger partial charge in [0.2, 0.25) is 10.0 Å². The van der Waals surface area contributed by atoms with Crippen molar-refractivity contribution in [2.45, 2.75) is 43.9 Å². The van der Waals surface area contributed by atoms with Crippen molar-refractivity contribution in [1.29, 1.82) is 0 Å². The second-order valence-electron chi connectivity index (χ2n) is 5.56. The fourth-order valence-electron chi connectivity index (χ4n) is 2.90. The van der Waals surface area contributed by atoms with Crippen molar-refractivity contribution < 1.29 is 12.8 Å². The zero-order valence-corrected chi connectivity index (χ0v) is 14.6.